The zero-order chi connectivity index (χ0) is 27.7. The molecule has 0 spiro atoms. The standard InChI is InChI=1S/C30H23BrClNO6/c1-13-3-4-14(9-22(13)32)33-29(37)18-8-7-16-19(26(18)30(33)38)11-20-27(23(35)12-21(31)28(20)36)25(16)17-6-5-15(34)10-24(17)39-2/h3-7,9-10,12,18-19,25-26,34H,8,11H2,1-2H3/t18-,19+,25+,26-/m0/s1. The lowest BCUT2D eigenvalue weighted by Gasteiger charge is -2.42. The predicted molar refractivity (Wildman–Crippen MR) is 148 cm³/mol. The van der Waals surface area contributed by atoms with Gasteiger partial charge in [-0.05, 0) is 65.4 Å². The third-order valence-electron chi connectivity index (χ3n) is 8.27. The minimum Gasteiger partial charge on any atom is -0.508 e. The van der Waals surface area contributed by atoms with E-state index in [-0.39, 0.29) is 40.0 Å². The van der Waals surface area contributed by atoms with Crippen molar-refractivity contribution >= 4 is 56.6 Å². The number of ether oxygens (including phenoxy) is 1. The normalized spacial score (nSPS) is 26.2. The number of Topliss-reactive ketones (excluding diaryl/α,β-unsaturated/α-hetero) is 1. The molecule has 1 fully saturated rings. The number of amides is 2. The molecule has 1 heterocycles. The second-order valence-electron chi connectivity index (χ2n) is 10.3. The molecule has 1 saturated heterocycles. The Hall–Kier alpha value is -3.49. The maximum Gasteiger partial charge on any atom is 0.238 e. The molecule has 4 aliphatic rings. The van der Waals surface area contributed by atoms with E-state index in [1.807, 2.05) is 13.0 Å². The van der Waals surface area contributed by atoms with E-state index in [0.29, 0.717) is 39.6 Å². The van der Waals surface area contributed by atoms with Crippen molar-refractivity contribution in [1.29, 1.82) is 0 Å². The third-order valence-corrected chi connectivity index (χ3v) is 9.27. The number of ketones is 2. The van der Waals surface area contributed by atoms with Crippen molar-refractivity contribution in [3.63, 3.8) is 0 Å². The number of carbonyl (C=O) groups excluding carboxylic acids is 4. The van der Waals surface area contributed by atoms with Gasteiger partial charge in [0.15, 0.2) is 11.6 Å². The number of imide groups is 1. The summed E-state index contributed by atoms with van der Waals surface area (Å²) in [4.78, 5) is 55.5. The van der Waals surface area contributed by atoms with Crippen LogP contribution in [-0.4, -0.2) is 35.6 Å². The van der Waals surface area contributed by atoms with Gasteiger partial charge in [0.05, 0.1) is 29.1 Å². The Morgan fingerprint density at radius 3 is 2.54 bits per heavy atom. The van der Waals surface area contributed by atoms with Crippen LogP contribution in [0.5, 0.6) is 11.5 Å². The largest absolute Gasteiger partial charge is 0.508 e. The maximum atomic E-state index is 14.0. The number of rotatable bonds is 3. The van der Waals surface area contributed by atoms with Crippen LogP contribution in [0, 0.1) is 24.7 Å². The Morgan fingerprint density at radius 2 is 1.82 bits per heavy atom. The molecule has 1 aliphatic heterocycles. The lowest BCUT2D eigenvalue weighted by Crippen LogP contribution is -2.39. The molecule has 2 amide bonds. The molecule has 0 aromatic heterocycles. The van der Waals surface area contributed by atoms with Gasteiger partial charge < -0.3 is 9.84 Å². The average molecular weight is 609 g/mol. The number of aryl methyl sites for hydroxylation is 1. The first kappa shape index (κ1) is 25.8. The highest BCUT2D eigenvalue weighted by Crippen LogP contribution is 2.56. The number of hydrogen-bond donors (Lipinski definition) is 1. The lowest BCUT2D eigenvalue weighted by molar-refractivity contribution is -0.123. The van der Waals surface area contributed by atoms with Crippen molar-refractivity contribution in [2.24, 2.45) is 17.8 Å². The fourth-order valence-corrected chi connectivity index (χ4v) is 7.10. The van der Waals surface area contributed by atoms with E-state index < -0.39 is 23.7 Å². The van der Waals surface area contributed by atoms with E-state index >= 15 is 0 Å². The minimum atomic E-state index is -0.704. The van der Waals surface area contributed by atoms with Crippen molar-refractivity contribution in [2.75, 3.05) is 12.0 Å². The molecule has 2 aromatic rings. The van der Waals surface area contributed by atoms with E-state index in [0.717, 1.165) is 11.1 Å². The number of benzene rings is 2. The predicted octanol–water partition coefficient (Wildman–Crippen LogP) is 5.33. The summed E-state index contributed by atoms with van der Waals surface area (Å²) in [5.74, 6) is -3.36. The molecule has 9 heteroatoms. The van der Waals surface area contributed by atoms with Gasteiger partial charge in [0.2, 0.25) is 11.8 Å². The summed E-state index contributed by atoms with van der Waals surface area (Å²) in [7, 11) is 1.47. The molecular formula is C30H23BrClNO6. The number of nitrogens with zero attached hydrogens (tertiary/aromatic N) is 1. The molecule has 1 N–H and O–H groups in total. The smallest absolute Gasteiger partial charge is 0.238 e. The lowest BCUT2D eigenvalue weighted by atomic mass is 9.59. The fourth-order valence-electron chi connectivity index (χ4n) is 6.48. The highest BCUT2D eigenvalue weighted by molar-refractivity contribution is 9.12. The first-order valence-corrected chi connectivity index (χ1v) is 13.7. The maximum absolute atomic E-state index is 14.0. The van der Waals surface area contributed by atoms with E-state index in [1.165, 1.54) is 30.2 Å². The Bertz CT molecular complexity index is 1600. The van der Waals surface area contributed by atoms with E-state index in [2.05, 4.69) is 15.9 Å². The summed E-state index contributed by atoms with van der Waals surface area (Å²) in [5.41, 5.74) is 3.32. The second-order valence-corrected chi connectivity index (χ2v) is 11.5. The topological polar surface area (TPSA) is 101 Å². The second kappa shape index (κ2) is 9.31. The number of aromatic hydroxyl groups is 1. The zero-order valence-electron chi connectivity index (χ0n) is 21.0. The van der Waals surface area contributed by atoms with E-state index in [4.69, 9.17) is 16.3 Å². The van der Waals surface area contributed by atoms with E-state index in [9.17, 15) is 24.3 Å². The summed E-state index contributed by atoms with van der Waals surface area (Å²) in [6.07, 6.45) is 3.70. The van der Waals surface area contributed by atoms with Gasteiger partial charge >= 0.3 is 0 Å². The Balaban J connectivity index is 1.50. The molecule has 0 radical (unpaired) electrons. The molecule has 0 bridgehead atoms. The first-order chi connectivity index (χ1) is 18.6. The number of phenolic OH excluding ortho intramolecular Hbond substituents is 1. The Kier molecular flexibility index (Phi) is 6.15. The third kappa shape index (κ3) is 3.84. The van der Waals surface area contributed by atoms with Crippen LogP contribution in [0.1, 0.15) is 29.9 Å². The molecule has 2 aromatic carbocycles. The fraction of sp³-hybridized carbons (Fsp3) is 0.267. The van der Waals surface area contributed by atoms with Crippen LogP contribution in [0.2, 0.25) is 5.02 Å². The summed E-state index contributed by atoms with van der Waals surface area (Å²) in [5, 5.41) is 10.5. The van der Waals surface area contributed by atoms with Gasteiger partial charge in [-0.25, -0.2) is 4.90 Å². The van der Waals surface area contributed by atoms with Crippen molar-refractivity contribution in [1.82, 2.24) is 0 Å². The Labute approximate surface area is 237 Å². The van der Waals surface area contributed by atoms with Crippen LogP contribution in [0.25, 0.3) is 0 Å². The van der Waals surface area contributed by atoms with Gasteiger partial charge in [0, 0.05) is 39.8 Å². The van der Waals surface area contributed by atoms with Crippen molar-refractivity contribution in [2.45, 2.75) is 25.7 Å². The SMILES string of the molecule is COc1cc(O)ccc1[C@H]1C2=CC[C@@H]3C(=O)N(c4ccc(C)c(Cl)c4)C(=O)[C@@H]3[C@@H]2CC2=C1C(=O)C=C(Br)C2=O. The van der Waals surface area contributed by atoms with Crippen molar-refractivity contribution < 1.29 is 29.0 Å². The van der Waals surface area contributed by atoms with Gasteiger partial charge in [0.1, 0.15) is 11.5 Å². The van der Waals surface area contributed by atoms with Gasteiger partial charge in [-0.15, -0.1) is 0 Å². The number of halogens is 2. The average Bonchev–Trinajstić information content (AvgIpc) is 3.17. The summed E-state index contributed by atoms with van der Waals surface area (Å²) in [6.45, 7) is 1.84. The monoisotopic (exact) mass is 607 g/mol. The molecule has 3 aliphatic carbocycles. The van der Waals surface area contributed by atoms with Crippen LogP contribution in [-0.2, 0) is 19.2 Å². The zero-order valence-corrected chi connectivity index (χ0v) is 23.4. The molecule has 39 heavy (non-hydrogen) atoms. The first-order valence-electron chi connectivity index (χ1n) is 12.5. The molecule has 4 atom stereocenters. The molecule has 7 nitrogen and oxygen atoms in total. The molecule has 0 unspecified atom stereocenters. The minimum absolute atomic E-state index is 0.00694. The van der Waals surface area contributed by atoms with Gasteiger partial charge in [-0.2, -0.15) is 0 Å². The number of allylic oxidation sites excluding steroid dienone is 6. The van der Waals surface area contributed by atoms with Gasteiger partial charge in [-0.3, -0.25) is 19.2 Å². The molecule has 198 valence electrons. The Morgan fingerprint density at radius 1 is 1.05 bits per heavy atom. The number of methoxy groups -OCH3 is 1. The van der Waals surface area contributed by atoms with Crippen LogP contribution < -0.4 is 9.64 Å². The van der Waals surface area contributed by atoms with Crippen molar-refractivity contribution in [3.8, 4) is 11.5 Å². The van der Waals surface area contributed by atoms with Crippen LogP contribution in [0.4, 0.5) is 5.69 Å². The highest BCUT2D eigenvalue weighted by Gasteiger charge is 2.57. The van der Waals surface area contributed by atoms with E-state index in [1.54, 1.807) is 24.3 Å². The number of anilines is 1. The number of hydrogen-bond acceptors (Lipinski definition) is 6. The number of fused-ring (bicyclic) bond motifs is 3. The summed E-state index contributed by atoms with van der Waals surface area (Å²) in [6, 6.07) is 9.73. The molecular weight excluding hydrogens is 586 g/mol. The van der Waals surface area contributed by atoms with Gasteiger partial charge in [-0.1, -0.05) is 35.4 Å². The quantitative estimate of drug-likeness (QED) is 0.287. The number of phenols is 1. The highest BCUT2D eigenvalue weighted by atomic mass is 79.9. The van der Waals surface area contributed by atoms with Crippen LogP contribution >= 0.6 is 27.5 Å². The van der Waals surface area contributed by atoms with Crippen LogP contribution in [0.15, 0.2) is 69.8 Å². The summed E-state index contributed by atoms with van der Waals surface area (Å²) < 4.78 is 5.73. The van der Waals surface area contributed by atoms with Gasteiger partial charge in [0.25, 0.3) is 0 Å². The van der Waals surface area contributed by atoms with Crippen LogP contribution in [0.3, 0.4) is 0 Å². The molecule has 6 rings (SSSR count). The van der Waals surface area contributed by atoms with Crippen molar-refractivity contribution in [3.05, 3.63) is 85.9 Å². The summed E-state index contributed by atoms with van der Waals surface area (Å²) >= 11 is 9.55. The number of carbonyl (C=O) groups is 4. The molecule has 0 saturated carbocycles.